The minimum Gasteiger partial charge on any atom is -0.347 e. The molecule has 0 bridgehead atoms. The van der Waals surface area contributed by atoms with E-state index in [2.05, 4.69) is 9.88 Å². The van der Waals surface area contributed by atoms with Gasteiger partial charge < -0.3 is 10.3 Å². The van der Waals surface area contributed by atoms with E-state index >= 15 is 0 Å². The summed E-state index contributed by atoms with van der Waals surface area (Å²) in [5.41, 5.74) is 7.82. The Hall–Kier alpha value is -2.40. The molecule has 0 atom stereocenters. The van der Waals surface area contributed by atoms with Crippen LogP contribution in [0.3, 0.4) is 0 Å². The summed E-state index contributed by atoms with van der Waals surface area (Å²) in [7, 11) is 0. The van der Waals surface area contributed by atoms with Crippen LogP contribution in [0.15, 0.2) is 36.5 Å². The first kappa shape index (κ1) is 12.6. The van der Waals surface area contributed by atoms with Gasteiger partial charge in [0.25, 0.3) is 11.8 Å². The van der Waals surface area contributed by atoms with Crippen LogP contribution in [0.2, 0.25) is 0 Å². The summed E-state index contributed by atoms with van der Waals surface area (Å²) in [4.78, 5) is 23.1. The zero-order chi connectivity index (χ0) is 14.1. The van der Waals surface area contributed by atoms with Gasteiger partial charge in [-0.05, 0) is 19.0 Å². The topological polar surface area (TPSA) is 77.1 Å². The normalized spacial score (nSPS) is 14.8. The molecule has 0 fully saturated rings. The Bertz CT molecular complexity index is 728. The van der Waals surface area contributed by atoms with Crippen molar-refractivity contribution >= 4 is 28.3 Å². The second kappa shape index (κ2) is 4.94. The Morgan fingerprint density at radius 3 is 2.70 bits per heavy atom. The third-order valence-electron chi connectivity index (χ3n) is 3.44. The van der Waals surface area contributed by atoms with Gasteiger partial charge in [-0.2, -0.15) is 0 Å². The number of aryl methyl sites for hydroxylation is 1. The van der Waals surface area contributed by atoms with Crippen molar-refractivity contribution in [2.45, 2.75) is 13.0 Å². The number of hydrogen-bond acceptors (Lipinski definition) is 3. The maximum Gasteiger partial charge on any atom is 0.258 e. The minimum absolute atomic E-state index is 0.336. The number of carbonyl (C=O) groups is 2. The van der Waals surface area contributed by atoms with Crippen LogP contribution in [0.25, 0.3) is 16.5 Å². The number of para-hydroxylation sites is 1. The second-order valence-electron chi connectivity index (χ2n) is 4.77. The van der Waals surface area contributed by atoms with Crippen molar-refractivity contribution in [3.05, 3.63) is 42.1 Å². The van der Waals surface area contributed by atoms with Gasteiger partial charge in [-0.15, -0.1) is 0 Å². The number of nitrogens with one attached hydrogen (secondary N) is 1. The van der Waals surface area contributed by atoms with Crippen LogP contribution in [0, 0.1) is 0 Å². The van der Waals surface area contributed by atoms with Crippen LogP contribution in [-0.4, -0.2) is 22.9 Å². The number of amides is 2. The lowest BCUT2D eigenvalue weighted by Crippen LogP contribution is -2.21. The van der Waals surface area contributed by atoms with Gasteiger partial charge in [0.1, 0.15) is 0 Å². The number of aromatic nitrogens is 1. The molecule has 5 heteroatoms. The largest absolute Gasteiger partial charge is 0.347 e. The molecule has 0 saturated carbocycles. The number of rotatable bonds is 4. The first-order valence-electron chi connectivity index (χ1n) is 6.56. The Balaban J connectivity index is 2.14. The number of fused-ring (bicyclic) bond motifs is 1. The summed E-state index contributed by atoms with van der Waals surface area (Å²) >= 11 is 0. The van der Waals surface area contributed by atoms with Crippen molar-refractivity contribution in [1.29, 1.82) is 0 Å². The molecule has 1 aliphatic rings. The smallest absolute Gasteiger partial charge is 0.258 e. The van der Waals surface area contributed by atoms with E-state index in [1.807, 2.05) is 30.5 Å². The fourth-order valence-electron chi connectivity index (χ4n) is 2.52. The average Bonchev–Trinajstić information content (AvgIpc) is 2.97. The molecular weight excluding hydrogens is 254 g/mol. The first-order valence-corrected chi connectivity index (χ1v) is 6.56. The summed E-state index contributed by atoms with van der Waals surface area (Å²) in [5.74, 6) is -0.694. The standard InChI is InChI=1S/C15H15N3O2/c16-6-3-7-18-9-12(10-4-1-2-5-13(10)18)11-8-14(19)17-15(11)20/h1-2,4-5,8-9H,3,6-7,16H2,(H,17,19,20). The molecule has 0 radical (unpaired) electrons. The Labute approximate surface area is 116 Å². The summed E-state index contributed by atoms with van der Waals surface area (Å²) in [6, 6.07) is 7.85. The lowest BCUT2D eigenvalue weighted by Gasteiger charge is -2.02. The molecule has 1 aliphatic heterocycles. The van der Waals surface area contributed by atoms with E-state index in [0.717, 1.165) is 29.4 Å². The van der Waals surface area contributed by atoms with E-state index in [4.69, 9.17) is 5.73 Å². The van der Waals surface area contributed by atoms with E-state index in [-0.39, 0.29) is 11.8 Å². The monoisotopic (exact) mass is 269 g/mol. The lowest BCUT2D eigenvalue weighted by atomic mass is 10.1. The molecule has 2 aromatic rings. The van der Waals surface area contributed by atoms with Crippen LogP contribution in [0.5, 0.6) is 0 Å². The molecule has 1 aromatic carbocycles. The summed E-state index contributed by atoms with van der Waals surface area (Å²) in [5, 5.41) is 3.26. The fraction of sp³-hybridized carbons (Fsp3) is 0.200. The van der Waals surface area contributed by atoms with Crippen LogP contribution in [0.4, 0.5) is 0 Å². The quantitative estimate of drug-likeness (QED) is 0.814. The Morgan fingerprint density at radius 1 is 1.20 bits per heavy atom. The van der Waals surface area contributed by atoms with Crippen molar-refractivity contribution in [2.75, 3.05) is 6.54 Å². The van der Waals surface area contributed by atoms with Gasteiger partial charge in [0.15, 0.2) is 0 Å². The molecule has 2 amide bonds. The van der Waals surface area contributed by atoms with Crippen LogP contribution in [-0.2, 0) is 16.1 Å². The summed E-state index contributed by atoms with van der Waals surface area (Å²) in [6.07, 6.45) is 4.14. The Kier molecular flexibility index (Phi) is 3.12. The van der Waals surface area contributed by atoms with Crippen molar-refractivity contribution in [3.63, 3.8) is 0 Å². The zero-order valence-electron chi connectivity index (χ0n) is 10.9. The molecule has 0 spiro atoms. The maximum atomic E-state index is 11.8. The predicted molar refractivity (Wildman–Crippen MR) is 76.7 cm³/mol. The zero-order valence-corrected chi connectivity index (χ0v) is 10.9. The number of nitrogens with zero attached hydrogens (tertiary/aromatic N) is 1. The number of benzene rings is 1. The fourth-order valence-corrected chi connectivity index (χ4v) is 2.52. The summed E-state index contributed by atoms with van der Waals surface area (Å²) < 4.78 is 2.08. The highest BCUT2D eigenvalue weighted by Crippen LogP contribution is 2.29. The van der Waals surface area contributed by atoms with Crippen molar-refractivity contribution in [3.8, 4) is 0 Å². The van der Waals surface area contributed by atoms with Crippen LogP contribution < -0.4 is 11.1 Å². The molecule has 3 rings (SSSR count). The maximum absolute atomic E-state index is 11.8. The predicted octanol–water partition coefficient (Wildman–Crippen LogP) is 1.03. The highest BCUT2D eigenvalue weighted by molar-refractivity contribution is 6.35. The van der Waals surface area contributed by atoms with E-state index in [1.165, 1.54) is 6.08 Å². The third-order valence-corrected chi connectivity index (χ3v) is 3.44. The van der Waals surface area contributed by atoms with E-state index in [1.54, 1.807) is 0 Å². The molecule has 0 saturated heterocycles. The molecule has 0 aliphatic carbocycles. The number of nitrogens with two attached hydrogens (primary N) is 1. The van der Waals surface area contributed by atoms with Gasteiger partial charge >= 0.3 is 0 Å². The van der Waals surface area contributed by atoms with Crippen LogP contribution >= 0.6 is 0 Å². The molecule has 1 aromatic heterocycles. The first-order chi connectivity index (χ1) is 9.70. The molecule has 0 unspecified atom stereocenters. The van der Waals surface area contributed by atoms with Gasteiger partial charge in [0.05, 0.1) is 5.57 Å². The van der Waals surface area contributed by atoms with Gasteiger partial charge in [-0.3, -0.25) is 14.9 Å². The van der Waals surface area contributed by atoms with Gasteiger partial charge in [0, 0.05) is 35.3 Å². The van der Waals surface area contributed by atoms with Crippen molar-refractivity contribution in [2.24, 2.45) is 5.73 Å². The highest BCUT2D eigenvalue weighted by Gasteiger charge is 2.24. The van der Waals surface area contributed by atoms with Crippen molar-refractivity contribution < 1.29 is 9.59 Å². The highest BCUT2D eigenvalue weighted by atomic mass is 16.2. The third kappa shape index (κ3) is 2.02. The SMILES string of the molecule is NCCCn1cc(C2=CC(=O)NC2=O)c2ccccc21. The number of hydrogen-bond donors (Lipinski definition) is 2. The molecule has 102 valence electrons. The van der Waals surface area contributed by atoms with Gasteiger partial charge in [-0.25, -0.2) is 0 Å². The number of carbonyl (C=O) groups excluding carboxylic acids is 2. The summed E-state index contributed by atoms with van der Waals surface area (Å²) in [6.45, 7) is 1.41. The molecule has 2 heterocycles. The van der Waals surface area contributed by atoms with Crippen LogP contribution in [0.1, 0.15) is 12.0 Å². The minimum atomic E-state index is -0.358. The number of imide groups is 1. The molecule has 5 nitrogen and oxygen atoms in total. The van der Waals surface area contributed by atoms with Gasteiger partial charge in [-0.1, -0.05) is 18.2 Å². The van der Waals surface area contributed by atoms with E-state index in [0.29, 0.717) is 12.1 Å². The van der Waals surface area contributed by atoms with E-state index < -0.39 is 0 Å². The van der Waals surface area contributed by atoms with Crippen molar-refractivity contribution in [1.82, 2.24) is 9.88 Å². The van der Waals surface area contributed by atoms with Gasteiger partial charge in [0.2, 0.25) is 0 Å². The second-order valence-corrected chi connectivity index (χ2v) is 4.77. The lowest BCUT2D eigenvalue weighted by molar-refractivity contribution is -0.123. The Morgan fingerprint density at radius 2 is 2.00 bits per heavy atom. The molecule has 3 N–H and O–H groups in total. The average molecular weight is 269 g/mol. The van der Waals surface area contributed by atoms with E-state index in [9.17, 15) is 9.59 Å². The molecular formula is C15H15N3O2. The molecule has 20 heavy (non-hydrogen) atoms.